The molecule has 0 unspecified atom stereocenters. The zero-order valence-corrected chi connectivity index (χ0v) is 13.3. The van der Waals surface area contributed by atoms with Crippen LogP contribution < -0.4 is 5.73 Å². The summed E-state index contributed by atoms with van der Waals surface area (Å²) in [5, 5.41) is 0. The van der Waals surface area contributed by atoms with Gasteiger partial charge in [-0.3, -0.25) is 0 Å². The maximum atomic E-state index is 12.8. The lowest BCUT2D eigenvalue weighted by Gasteiger charge is -2.31. The zero-order valence-electron chi connectivity index (χ0n) is 12.5. The molecule has 1 fully saturated rings. The third-order valence-electron chi connectivity index (χ3n) is 4.31. The molecule has 1 aliphatic heterocycles. The Balaban J connectivity index is 2.32. The molecule has 0 radical (unpaired) electrons. The standard InChI is InChI=1S/C15H24N2O2S/c1-4-13-5-7-17(8-6-13)20(18,19)15-10-11(2)9-14(16)12(15)3/h9-10,13H,4-8,16H2,1-3H3. The van der Waals surface area contributed by atoms with Gasteiger partial charge in [0.1, 0.15) is 0 Å². The van der Waals surface area contributed by atoms with Crippen molar-refractivity contribution in [2.45, 2.75) is 44.9 Å². The zero-order chi connectivity index (χ0) is 14.9. The first-order valence-electron chi connectivity index (χ1n) is 7.23. The molecule has 20 heavy (non-hydrogen) atoms. The van der Waals surface area contributed by atoms with E-state index < -0.39 is 10.0 Å². The Hall–Kier alpha value is -1.07. The van der Waals surface area contributed by atoms with Crippen molar-refractivity contribution in [1.29, 1.82) is 0 Å². The molecule has 1 saturated heterocycles. The molecule has 0 aromatic heterocycles. The lowest BCUT2D eigenvalue weighted by molar-refractivity contribution is 0.269. The molecule has 1 aromatic carbocycles. The quantitative estimate of drug-likeness (QED) is 0.872. The summed E-state index contributed by atoms with van der Waals surface area (Å²) in [6.45, 7) is 7.06. The van der Waals surface area contributed by atoms with Crippen molar-refractivity contribution in [3.63, 3.8) is 0 Å². The van der Waals surface area contributed by atoms with Crippen LogP contribution in [0, 0.1) is 19.8 Å². The van der Waals surface area contributed by atoms with Crippen molar-refractivity contribution in [1.82, 2.24) is 4.31 Å². The van der Waals surface area contributed by atoms with Crippen LogP contribution in [-0.4, -0.2) is 25.8 Å². The number of nitrogens with zero attached hydrogens (tertiary/aromatic N) is 1. The van der Waals surface area contributed by atoms with Crippen LogP contribution in [0.25, 0.3) is 0 Å². The van der Waals surface area contributed by atoms with Crippen molar-refractivity contribution in [3.05, 3.63) is 23.3 Å². The van der Waals surface area contributed by atoms with Crippen LogP contribution in [0.3, 0.4) is 0 Å². The van der Waals surface area contributed by atoms with Gasteiger partial charge in [0.05, 0.1) is 4.90 Å². The predicted molar refractivity (Wildman–Crippen MR) is 82.1 cm³/mol. The van der Waals surface area contributed by atoms with E-state index in [-0.39, 0.29) is 0 Å². The summed E-state index contributed by atoms with van der Waals surface area (Å²) in [6.07, 6.45) is 3.04. The van der Waals surface area contributed by atoms with Crippen LogP contribution in [0.15, 0.2) is 17.0 Å². The fourth-order valence-electron chi connectivity index (χ4n) is 2.82. The van der Waals surface area contributed by atoms with Gasteiger partial charge in [-0.15, -0.1) is 0 Å². The molecular weight excluding hydrogens is 272 g/mol. The molecule has 1 aliphatic rings. The van der Waals surface area contributed by atoms with Gasteiger partial charge in [-0.25, -0.2) is 8.42 Å². The van der Waals surface area contributed by atoms with E-state index in [1.54, 1.807) is 17.3 Å². The number of nitrogen functional groups attached to an aromatic ring is 1. The van der Waals surface area contributed by atoms with Crippen molar-refractivity contribution in [3.8, 4) is 0 Å². The lowest BCUT2D eigenvalue weighted by atomic mass is 9.96. The normalized spacial score (nSPS) is 18.4. The Bertz CT molecular complexity index is 588. The molecule has 0 spiro atoms. The van der Waals surface area contributed by atoms with E-state index in [1.165, 1.54) is 0 Å². The number of rotatable bonds is 3. The van der Waals surface area contributed by atoms with Crippen molar-refractivity contribution >= 4 is 15.7 Å². The summed E-state index contributed by atoms with van der Waals surface area (Å²) >= 11 is 0. The number of benzene rings is 1. The minimum absolute atomic E-state index is 0.366. The molecule has 0 saturated carbocycles. The first-order valence-corrected chi connectivity index (χ1v) is 8.67. The largest absolute Gasteiger partial charge is 0.398 e. The van der Waals surface area contributed by atoms with E-state index >= 15 is 0 Å². The van der Waals surface area contributed by atoms with Crippen LogP contribution in [0.1, 0.15) is 37.3 Å². The molecular formula is C15H24N2O2S. The fourth-order valence-corrected chi connectivity index (χ4v) is 4.63. The smallest absolute Gasteiger partial charge is 0.243 e. The molecule has 0 amide bonds. The van der Waals surface area contributed by atoms with E-state index in [0.717, 1.165) is 24.8 Å². The molecule has 1 heterocycles. The molecule has 2 N–H and O–H groups in total. The van der Waals surface area contributed by atoms with Crippen LogP contribution in [0.2, 0.25) is 0 Å². The Morgan fingerprint density at radius 3 is 2.40 bits per heavy atom. The van der Waals surface area contributed by atoms with E-state index in [2.05, 4.69) is 6.92 Å². The van der Waals surface area contributed by atoms with Gasteiger partial charge in [0, 0.05) is 18.8 Å². The Kier molecular flexibility index (Phi) is 4.39. The summed E-state index contributed by atoms with van der Waals surface area (Å²) in [7, 11) is -3.42. The van der Waals surface area contributed by atoms with Crippen LogP contribution in [0.5, 0.6) is 0 Å². The van der Waals surface area contributed by atoms with Crippen LogP contribution in [-0.2, 0) is 10.0 Å². The highest BCUT2D eigenvalue weighted by molar-refractivity contribution is 7.89. The van der Waals surface area contributed by atoms with Crippen molar-refractivity contribution in [2.24, 2.45) is 5.92 Å². The summed E-state index contributed by atoms with van der Waals surface area (Å²) in [5.41, 5.74) is 8.00. The molecule has 0 atom stereocenters. The van der Waals surface area contributed by atoms with Gasteiger partial charge in [-0.2, -0.15) is 4.31 Å². The van der Waals surface area contributed by atoms with Gasteiger partial charge in [-0.05, 0) is 55.9 Å². The Labute approximate surface area is 122 Å². The summed E-state index contributed by atoms with van der Waals surface area (Å²) in [6, 6.07) is 3.55. The molecule has 1 aromatic rings. The van der Waals surface area contributed by atoms with Crippen molar-refractivity contribution in [2.75, 3.05) is 18.8 Å². The molecule has 4 nitrogen and oxygen atoms in total. The number of hydrogen-bond donors (Lipinski definition) is 1. The second kappa shape index (κ2) is 5.74. The second-order valence-corrected chi connectivity index (χ2v) is 7.64. The highest BCUT2D eigenvalue weighted by atomic mass is 32.2. The van der Waals surface area contributed by atoms with E-state index in [0.29, 0.717) is 35.2 Å². The maximum absolute atomic E-state index is 12.8. The predicted octanol–water partition coefficient (Wildman–Crippen LogP) is 2.70. The number of hydrogen-bond acceptors (Lipinski definition) is 3. The van der Waals surface area contributed by atoms with E-state index in [4.69, 9.17) is 5.73 Å². The fraction of sp³-hybridized carbons (Fsp3) is 0.600. The minimum atomic E-state index is -3.42. The topological polar surface area (TPSA) is 63.4 Å². The summed E-state index contributed by atoms with van der Waals surface area (Å²) in [5.74, 6) is 0.658. The molecule has 112 valence electrons. The second-order valence-electron chi connectivity index (χ2n) is 5.73. The monoisotopic (exact) mass is 296 g/mol. The van der Waals surface area contributed by atoms with Gasteiger partial charge >= 0.3 is 0 Å². The van der Waals surface area contributed by atoms with E-state index in [1.807, 2.05) is 13.0 Å². The van der Waals surface area contributed by atoms with Crippen LogP contribution in [0.4, 0.5) is 5.69 Å². The average Bonchev–Trinajstić information content (AvgIpc) is 2.42. The van der Waals surface area contributed by atoms with Gasteiger partial charge < -0.3 is 5.73 Å². The first-order chi connectivity index (χ1) is 9.36. The molecule has 0 bridgehead atoms. The first kappa shape index (κ1) is 15.3. The molecule has 0 aliphatic carbocycles. The number of piperidine rings is 1. The number of anilines is 1. The van der Waals surface area contributed by atoms with Crippen LogP contribution >= 0.6 is 0 Å². The van der Waals surface area contributed by atoms with Crippen molar-refractivity contribution < 1.29 is 8.42 Å². The van der Waals surface area contributed by atoms with Gasteiger partial charge in [0.15, 0.2) is 0 Å². The summed E-state index contributed by atoms with van der Waals surface area (Å²) in [4.78, 5) is 0.366. The lowest BCUT2D eigenvalue weighted by Crippen LogP contribution is -2.38. The van der Waals surface area contributed by atoms with E-state index in [9.17, 15) is 8.42 Å². The highest BCUT2D eigenvalue weighted by Crippen LogP contribution is 2.29. The van der Waals surface area contributed by atoms with Gasteiger partial charge in [-0.1, -0.05) is 13.3 Å². The maximum Gasteiger partial charge on any atom is 0.243 e. The SMILES string of the molecule is CCC1CCN(S(=O)(=O)c2cc(C)cc(N)c2C)CC1. The Morgan fingerprint density at radius 1 is 1.25 bits per heavy atom. The number of sulfonamides is 1. The number of aryl methyl sites for hydroxylation is 1. The third kappa shape index (κ3) is 2.83. The van der Waals surface area contributed by atoms with Gasteiger partial charge in [0.2, 0.25) is 10.0 Å². The molecule has 5 heteroatoms. The highest BCUT2D eigenvalue weighted by Gasteiger charge is 2.30. The van der Waals surface area contributed by atoms with Gasteiger partial charge in [0.25, 0.3) is 0 Å². The number of nitrogens with two attached hydrogens (primary N) is 1. The molecule has 2 rings (SSSR count). The Morgan fingerprint density at radius 2 is 1.85 bits per heavy atom. The third-order valence-corrected chi connectivity index (χ3v) is 6.34. The minimum Gasteiger partial charge on any atom is -0.398 e. The average molecular weight is 296 g/mol. The summed E-state index contributed by atoms with van der Waals surface area (Å²) < 4.78 is 27.2.